The van der Waals surface area contributed by atoms with Gasteiger partial charge in [0.1, 0.15) is 5.78 Å². The van der Waals surface area contributed by atoms with Gasteiger partial charge < -0.3 is 0 Å². The summed E-state index contributed by atoms with van der Waals surface area (Å²) in [7, 11) is 0. The predicted molar refractivity (Wildman–Crippen MR) is 113 cm³/mol. The molecule has 5 rings (SSSR count). The normalized spacial score (nSPS) is 13.8. The average Bonchev–Trinajstić information content (AvgIpc) is 3.17. The topological polar surface area (TPSA) is 63.7 Å². The van der Waals surface area contributed by atoms with Crippen molar-refractivity contribution in [1.82, 2.24) is 24.8 Å². The second-order valence-electron chi connectivity index (χ2n) is 7.13. The van der Waals surface area contributed by atoms with Crippen molar-refractivity contribution in [2.45, 2.75) is 26.2 Å². The molecule has 0 atom stereocenters. The summed E-state index contributed by atoms with van der Waals surface area (Å²) >= 11 is 0. The zero-order chi connectivity index (χ0) is 19.8. The van der Waals surface area contributed by atoms with Crippen LogP contribution in [0.2, 0.25) is 0 Å². The maximum Gasteiger partial charge on any atom is 0.215 e. The van der Waals surface area contributed by atoms with Crippen LogP contribution in [0.25, 0.3) is 16.5 Å². The molecule has 6 heteroatoms. The van der Waals surface area contributed by atoms with E-state index < -0.39 is 0 Å². The number of benzene rings is 3. The van der Waals surface area contributed by atoms with E-state index in [0.717, 1.165) is 45.6 Å². The van der Waals surface area contributed by atoms with Gasteiger partial charge in [-0.2, -0.15) is 9.26 Å². The molecule has 0 saturated carbocycles. The van der Waals surface area contributed by atoms with Crippen LogP contribution in [0.1, 0.15) is 24.7 Å². The summed E-state index contributed by atoms with van der Waals surface area (Å²) in [6.07, 6.45) is 3.60. The van der Waals surface area contributed by atoms with E-state index in [4.69, 9.17) is 0 Å². The Balaban J connectivity index is 1.61. The van der Waals surface area contributed by atoms with E-state index in [1.165, 1.54) is 0 Å². The number of carbonyl (C=O) groups is 1. The smallest absolute Gasteiger partial charge is 0.215 e. The van der Waals surface area contributed by atoms with Crippen LogP contribution in [0.3, 0.4) is 0 Å². The molecule has 29 heavy (non-hydrogen) atoms. The van der Waals surface area contributed by atoms with Gasteiger partial charge >= 0.3 is 0 Å². The Morgan fingerprint density at radius 2 is 1.86 bits per heavy atom. The summed E-state index contributed by atoms with van der Waals surface area (Å²) < 4.78 is 3.87. The Morgan fingerprint density at radius 1 is 1.03 bits per heavy atom. The number of hydrogen-bond donors (Lipinski definition) is 0. The minimum absolute atomic E-state index is 0.225. The third-order valence-corrected chi connectivity index (χ3v) is 5.37. The number of rotatable bonds is 3. The molecule has 0 aliphatic carbocycles. The molecule has 0 spiro atoms. The molecular formula is C23H20N5O+. The van der Waals surface area contributed by atoms with Crippen molar-refractivity contribution in [3.63, 3.8) is 0 Å². The first-order valence-corrected chi connectivity index (χ1v) is 9.77. The third kappa shape index (κ3) is 3.02. The third-order valence-electron chi connectivity index (χ3n) is 5.37. The van der Waals surface area contributed by atoms with Crippen molar-refractivity contribution in [3.8, 4) is 5.69 Å². The number of carbonyl (C=O) groups excluding carboxylic acids is 1. The molecule has 0 unspecified atom stereocenters. The lowest BCUT2D eigenvalue weighted by Crippen LogP contribution is -2.07. The molecule has 4 aromatic rings. The van der Waals surface area contributed by atoms with Gasteiger partial charge in [0.15, 0.2) is 12.0 Å². The fourth-order valence-corrected chi connectivity index (χ4v) is 3.92. The average molecular weight is 382 g/mol. The number of fused-ring (bicyclic) bond motifs is 3. The van der Waals surface area contributed by atoms with Gasteiger partial charge in [-0.15, -0.1) is 5.10 Å². The number of ketones is 1. The molecule has 0 fully saturated rings. The van der Waals surface area contributed by atoms with Gasteiger partial charge in [0, 0.05) is 36.6 Å². The van der Waals surface area contributed by atoms with E-state index in [0.29, 0.717) is 12.8 Å². The van der Waals surface area contributed by atoms with Crippen molar-refractivity contribution in [3.05, 3.63) is 72.1 Å². The molecule has 142 valence electrons. The van der Waals surface area contributed by atoms with Crippen molar-refractivity contribution >= 4 is 34.1 Å². The minimum atomic E-state index is 0.225. The SMILES string of the molecule is CCc1nnnn1-c1ccc([N+]2=CCC(=O)Cc3c2ccc2ccccc32)cc1. The van der Waals surface area contributed by atoms with Gasteiger partial charge in [0.25, 0.3) is 0 Å². The highest BCUT2D eigenvalue weighted by Gasteiger charge is 2.25. The maximum absolute atomic E-state index is 12.5. The lowest BCUT2D eigenvalue weighted by molar-refractivity contribution is -0.117. The van der Waals surface area contributed by atoms with Gasteiger partial charge in [-0.3, -0.25) is 4.79 Å². The highest BCUT2D eigenvalue weighted by atomic mass is 16.1. The Hall–Kier alpha value is -3.67. The first kappa shape index (κ1) is 17.4. The van der Waals surface area contributed by atoms with Crippen LogP contribution in [-0.4, -0.2) is 32.2 Å². The van der Waals surface area contributed by atoms with Crippen LogP contribution in [0.4, 0.5) is 11.4 Å². The van der Waals surface area contributed by atoms with Crippen LogP contribution in [0.5, 0.6) is 0 Å². The fourth-order valence-electron chi connectivity index (χ4n) is 3.92. The molecule has 0 bridgehead atoms. The summed E-state index contributed by atoms with van der Waals surface area (Å²) in [5, 5.41) is 14.2. The molecule has 2 heterocycles. The summed E-state index contributed by atoms with van der Waals surface area (Å²) in [4.78, 5) is 12.5. The van der Waals surface area contributed by atoms with Crippen LogP contribution in [0, 0.1) is 0 Å². The van der Waals surface area contributed by atoms with Gasteiger partial charge in [-0.05, 0) is 39.4 Å². The van der Waals surface area contributed by atoms with Gasteiger partial charge in [0.2, 0.25) is 11.4 Å². The summed E-state index contributed by atoms with van der Waals surface area (Å²) in [5.41, 5.74) is 4.06. The number of hydrogen-bond acceptors (Lipinski definition) is 4. The molecule has 1 aromatic heterocycles. The summed E-state index contributed by atoms with van der Waals surface area (Å²) in [5.74, 6) is 1.05. The molecule has 6 nitrogen and oxygen atoms in total. The monoisotopic (exact) mass is 382 g/mol. The second-order valence-corrected chi connectivity index (χ2v) is 7.13. The number of Topliss-reactive ketones (excluding diaryl/α,β-unsaturated/α-hetero) is 1. The van der Waals surface area contributed by atoms with Crippen LogP contribution < -0.4 is 4.58 Å². The van der Waals surface area contributed by atoms with Crippen molar-refractivity contribution in [2.24, 2.45) is 0 Å². The van der Waals surface area contributed by atoms with Gasteiger partial charge in [-0.1, -0.05) is 31.2 Å². The molecule has 0 N–H and O–H groups in total. The molecule has 3 aromatic carbocycles. The number of aromatic nitrogens is 4. The molecule has 0 amide bonds. The Labute approximate surface area is 168 Å². The van der Waals surface area contributed by atoms with Crippen molar-refractivity contribution < 1.29 is 4.79 Å². The largest absolute Gasteiger partial charge is 0.299 e. The Kier molecular flexibility index (Phi) is 4.24. The van der Waals surface area contributed by atoms with Crippen LogP contribution >= 0.6 is 0 Å². The lowest BCUT2D eigenvalue weighted by atomic mass is 9.98. The van der Waals surface area contributed by atoms with Crippen molar-refractivity contribution in [1.29, 1.82) is 0 Å². The van der Waals surface area contributed by atoms with E-state index in [2.05, 4.69) is 44.4 Å². The van der Waals surface area contributed by atoms with Crippen molar-refractivity contribution in [2.75, 3.05) is 0 Å². The highest BCUT2D eigenvalue weighted by Crippen LogP contribution is 2.33. The van der Waals surface area contributed by atoms with Crippen LogP contribution in [-0.2, 0) is 17.6 Å². The standard InChI is InChI=1S/C23H20N5O/c1-2-23-24-25-26-28(23)18-10-8-17(9-11-18)27-14-13-19(29)15-21-20-6-4-3-5-16(20)7-12-22(21)27/h3-12,14H,2,13,15H2,1H3/q+1. The summed E-state index contributed by atoms with van der Waals surface area (Å²) in [6.45, 7) is 2.03. The zero-order valence-corrected chi connectivity index (χ0v) is 16.1. The molecule has 0 saturated heterocycles. The fraction of sp³-hybridized carbons (Fsp3) is 0.174. The van der Waals surface area contributed by atoms with Gasteiger partial charge in [0.05, 0.1) is 12.1 Å². The number of aryl methyl sites for hydroxylation is 1. The van der Waals surface area contributed by atoms with E-state index in [9.17, 15) is 4.79 Å². The van der Waals surface area contributed by atoms with E-state index in [1.807, 2.05) is 49.5 Å². The van der Waals surface area contributed by atoms with E-state index >= 15 is 0 Å². The van der Waals surface area contributed by atoms with Gasteiger partial charge in [-0.25, -0.2) is 0 Å². The molecule has 0 radical (unpaired) electrons. The molecule has 1 aliphatic heterocycles. The zero-order valence-electron chi connectivity index (χ0n) is 16.1. The lowest BCUT2D eigenvalue weighted by Gasteiger charge is -2.09. The summed E-state index contributed by atoms with van der Waals surface area (Å²) in [6, 6.07) is 20.6. The molecule has 1 aliphatic rings. The Morgan fingerprint density at radius 3 is 2.69 bits per heavy atom. The molecular weight excluding hydrogens is 362 g/mol. The predicted octanol–water partition coefficient (Wildman–Crippen LogP) is 3.80. The maximum atomic E-state index is 12.5. The minimum Gasteiger partial charge on any atom is -0.299 e. The Bertz CT molecular complexity index is 1250. The second kappa shape index (κ2) is 7.05. The highest BCUT2D eigenvalue weighted by molar-refractivity contribution is 6.02. The number of tetrazole rings is 1. The quantitative estimate of drug-likeness (QED) is 0.506. The van der Waals surface area contributed by atoms with Crippen LogP contribution in [0.15, 0.2) is 60.7 Å². The van der Waals surface area contributed by atoms with E-state index in [-0.39, 0.29) is 5.78 Å². The number of nitrogens with zero attached hydrogens (tertiary/aromatic N) is 5. The van der Waals surface area contributed by atoms with E-state index in [1.54, 1.807) is 4.68 Å². The first-order valence-electron chi connectivity index (χ1n) is 9.77. The first-order chi connectivity index (χ1) is 14.2.